The predicted octanol–water partition coefficient (Wildman–Crippen LogP) is 4.99. The maximum atomic E-state index is 13.0. The van der Waals surface area contributed by atoms with Gasteiger partial charge in [0, 0.05) is 35.4 Å². The van der Waals surface area contributed by atoms with Gasteiger partial charge in [0.15, 0.2) is 0 Å². The first-order valence-electron chi connectivity index (χ1n) is 9.70. The van der Waals surface area contributed by atoms with Crippen LogP contribution >= 0.6 is 22.9 Å². The topological polar surface area (TPSA) is 87.2 Å². The highest BCUT2D eigenvalue weighted by Gasteiger charge is 2.28. The lowest BCUT2D eigenvalue weighted by Crippen LogP contribution is -2.41. The van der Waals surface area contributed by atoms with Crippen molar-refractivity contribution in [2.45, 2.75) is 18.8 Å². The summed E-state index contributed by atoms with van der Waals surface area (Å²) in [6.07, 6.45) is 1.66. The molecule has 2 aromatic carbocycles. The molecule has 2 heterocycles. The molecule has 7 nitrogen and oxygen atoms in total. The Bertz CT molecular complexity index is 1090. The Labute approximate surface area is 187 Å². The van der Waals surface area contributed by atoms with Gasteiger partial charge in [-0.3, -0.25) is 4.79 Å². The molecule has 10 heteroatoms. The molecule has 0 spiro atoms. The normalized spacial score (nSPS) is 16.1. The number of likely N-dealkylation sites (tertiary alicyclic amines) is 1. The molecular formula is C21H19ClFN5O2S. The smallest absolute Gasteiger partial charge is 0.321 e. The number of amides is 3. The van der Waals surface area contributed by atoms with E-state index in [4.69, 9.17) is 11.6 Å². The van der Waals surface area contributed by atoms with Crippen LogP contribution in [0.4, 0.5) is 20.6 Å². The number of hydrogen-bond acceptors (Lipinski definition) is 5. The molecule has 0 unspecified atom stereocenters. The largest absolute Gasteiger partial charge is 0.324 e. The number of halogens is 2. The highest BCUT2D eigenvalue weighted by atomic mass is 35.5. The lowest BCUT2D eigenvalue weighted by Gasteiger charge is -2.31. The van der Waals surface area contributed by atoms with E-state index in [9.17, 15) is 14.0 Å². The molecule has 3 amide bonds. The van der Waals surface area contributed by atoms with Gasteiger partial charge in [0.2, 0.25) is 5.01 Å². The average Bonchev–Trinajstić information content (AvgIpc) is 3.26. The van der Waals surface area contributed by atoms with Gasteiger partial charge in [-0.15, -0.1) is 10.2 Å². The first kappa shape index (κ1) is 21.2. The second-order valence-corrected chi connectivity index (χ2v) is 8.58. The predicted molar refractivity (Wildman–Crippen MR) is 118 cm³/mol. The second-order valence-electron chi connectivity index (χ2n) is 7.13. The summed E-state index contributed by atoms with van der Waals surface area (Å²) < 4.78 is 13.0. The van der Waals surface area contributed by atoms with Crippen LogP contribution in [0.3, 0.4) is 0 Å². The molecule has 1 aromatic heterocycles. The quantitative estimate of drug-likeness (QED) is 0.575. The third-order valence-corrected chi connectivity index (χ3v) is 6.19. The number of aromatic nitrogens is 2. The van der Waals surface area contributed by atoms with Gasteiger partial charge in [-0.25, -0.2) is 9.18 Å². The minimum atomic E-state index is -0.359. The standard InChI is InChI=1S/C21H19ClFN5O2S/c22-14-4-1-5-17(11-14)24-18(29)20-27-26-19(31-20)13-3-2-10-28(12-13)21(30)25-16-8-6-15(23)7-9-16/h1,4-9,11,13H,2-3,10,12H2,(H,24,29)(H,25,30)/t13-/m0/s1. The number of hydrogen-bond donors (Lipinski definition) is 2. The van der Waals surface area contributed by atoms with Crippen LogP contribution in [0.2, 0.25) is 5.02 Å². The van der Waals surface area contributed by atoms with Crippen LogP contribution in [0.1, 0.15) is 33.6 Å². The fourth-order valence-electron chi connectivity index (χ4n) is 3.34. The van der Waals surface area contributed by atoms with Crippen molar-refractivity contribution in [2.24, 2.45) is 0 Å². The van der Waals surface area contributed by atoms with Crippen molar-refractivity contribution in [3.8, 4) is 0 Å². The average molecular weight is 460 g/mol. The lowest BCUT2D eigenvalue weighted by molar-refractivity contribution is 0.102. The SMILES string of the molecule is O=C(Nc1cccc(Cl)c1)c1nnc([C@H]2CCCN(C(=O)Nc3ccc(F)cc3)C2)s1. The van der Waals surface area contributed by atoms with E-state index in [0.717, 1.165) is 17.8 Å². The second kappa shape index (κ2) is 9.40. The molecule has 2 N–H and O–H groups in total. The van der Waals surface area contributed by atoms with E-state index >= 15 is 0 Å². The number of nitrogens with one attached hydrogen (secondary N) is 2. The molecule has 0 saturated carbocycles. The number of nitrogens with zero attached hydrogens (tertiary/aromatic N) is 3. The third-order valence-electron chi connectivity index (χ3n) is 4.87. The molecule has 1 saturated heterocycles. The van der Waals surface area contributed by atoms with E-state index in [-0.39, 0.29) is 28.7 Å². The minimum absolute atomic E-state index is 0.00191. The van der Waals surface area contributed by atoms with Gasteiger partial charge in [-0.2, -0.15) is 0 Å². The van der Waals surface area contributed by atoms with Crippen molar-refractivity contribution < 1.29 is 14.0 Å². The van der Waals surface area contributed by atoms with Crippen LogP contribution in [0.15, 0.2) is 48.5 Å². The van der Waals surface area contributed by atoms with Gasteiger partial charge in [-0.05, 0) is 55.3 Å². The van der Waals surface area contributed by atoms with Crippen molar-refractivity contribution in [1.29, 1.82) is 0 Å². The number of rotatable bonds is 4. The number of piperidine rings is 1. The lowest BCUT2D eigenvalue weighted by atomic mass is 9.99. The summed E-state index contributed by atoms with van der Waals surface area (Å²) in [6, 6.07) is 12.2. The van der Waals surface area contributed by atoms with Gasteiger partial charge in [-0.1, -0.05) is 29.0 Å². The Hall–Kier alpha value is -3.04. The minimum Gasteiger partial charge on any atom is -0.324 e. The zero-order valence-corrected chi connectivity index (χ0v) is 17.9. The van der Waals surface area contributed by atoms with Gasteiger partial charge < -0.3 is 15.5 Å². The summed E-state index contributed by atoms with van der Waals surface area (Å²) in [7, 11) is 0. The Morgan fingerprint density at radius 1 is 1.10 bits per heavy atom. The number of carbonyl (C=O) groups excluding carboxylic acids is 2. The van der Waals surface area contributed by atoms with Crippen LogP contribution in [0.5, 0.6) is 0 Å². The molecule has 31 heavy (non-hydrogen) atoms. The van der Waals surface area contributed by atoms with Crippen LogP contribution in [-0.2, 0) is 0 Å². The summed E-state index contributed by atoms with van der Waals surface area (Å²) in [4.78, 5) is 26.8. The number of anilines is 2. The van der Waals surface area contributed by atoms with Gasteiger partial charge in [0.25, 0.3) is 5.91 Å². The van der Waals surface area contributed by atoms with Crippen molar-refractivity contribution in [1.82, 2.24) is 15.1 Å². The molecule has 1 atom stereocenters. The summed E-state index contributed by atoms with van der Waals surface area (Å²) in [5, 5.41) is 15.2. The first-order valence-corrected chi connectivity index (χ1v) is 10.9. The monoisotopic (exact) mass is 459 g/mol. The highest BCUT2D eigenvalue weighted by molar-refractivity contribution is 7.13. The molecule has 3 aromatic rings. The van der Waals surface area contributed by atoms with E-state index < -0.39 is 0 Å². The Kier molecular flexibility index (Phi) is 6.43. The molecule has 4 rings (SSSR count). The van der Waals surface area contributed by atoms with Gasteiger partial charge >= 0.3 is 6.03 Å². The fourth-order valence-corrected chi connectivity index (χ4v) is 4.40. The molecule has 1 aliphatic heterocycles. The highest BCUT2D eigenvalue weighted by Crippen LogP contribution is 2.30. The molecule has 0 bridgehead atoms. The van der Waals surface area contributed by atoms with Gasteiger partial charge in [0.05, 0.1) is 0 Å². The Balaban J connectivity index is 1.38. The maximum Gasteiger partial charge on any atom is 0.321 e. The molecule has 1 aliphatic rings. The first-order chi connectivity index (χ1) is 15.0. The van der Waals surface area contributed by atoms with Crippen molar-refractivity contribution in [3.63, 3.8) is 0 Å². The summed E-state index contributed by atoms with van der Waals surface area (Å²) in [5.74, 6) is -0.715. The van der Waals surface area contributed by atoms with E-state index in [1.807, 2.05) is 0 Å². The molecule has 1 fully saturated rings. The van der Waals surface area contributed by atoms with Crippen molar-refractivity contribution in [2.75, 3.05) is 23.7 Å². The summed E-state index contributed by atoms with van der Waals surface area (Å²) in [5.41, 5.74) is 1.11. The third kappa shape index (κ3) is 5.36. The molecular weight excluding hydrogens is 441 g/mol. The fraction of sp³-hybridized carbons (Fsp3) is 0.238. The van der Waals surface area contributed by atoms with Gasteiger partial charge in [0.1, 0.15) is 10.8 Å². The van der Waals surface area contributed by atoms with Crippen molar-refractivity contribution >= 4 is 46.3 Å². The molecule has 160 valence electrons. The molecule has 0 aliphatic carbocycles. The number of urea groups is 1. The number of carbonyl (C=O) groups is 2. The van der Waals surface area contributed by atoms with E-state index in [1.54, 1.807) is 29.2 Å². The number of benzene rings is 2. The zero-order chi connectivity index (χ0) is 21.8. The van der Waals surface area contributed by atoms with Crippen molar-refractivity contribution in [3.05, 3.63) is 69.4 Å². The van der Waals surface area contributed by atoms with E-state index in [0.29, 0.717) is 29.5 Å². The van der Waals surface area contributed by atoms with Crippen LogP contribution < -0.4 is 10.6 Å². The maximum absolute atomic E-state index is 13.0. The molecule has 0 radical (unpaired) electrons. The van der Waals surface area contributed by atoms with E-state index in [1.165, 1.54) is 35.6 Å². The summed E-state index contributed by atoms with van der Waals surface area (Å²) >= 11 is 7.17. The summed E-state index contributed by atoms with van der Waals surface area (Å²) in [6.45, 7) is 1.09. The van der Waals surface area contributed by atoms with Crippen LogP contribution in [0, 0.1) is 5.82 Å². The Morgan fingerprint density at radius 2 is 1.90 bits per heavy atom. The Morgan fingerprint density at radius 3 is 2.68 bits per heavy atom. The van der Waals surface area contributed by atoms with E-state index in [2.05, 4.69) is 20.8 Å². The zero-order valence-electron chi connectivity index (χ0n) is 16.3. The van der Waals surface area contributed by atoms with Crippen LogP contribution in [0.25, 0.3) is 0 Å². The van der Waals surface area contributed by atoms with Crippen LogP contribution in [-0.4, -0.2) is 40.1 Å².